The highest BCUT2D eigenvalue weighted by molar-refractivity contribution is 5.76. The number of piperazine rings is 1. The summed E-state index contributed by atoms with van der Waals surface area (Å²) in [5.74, 6) is 0.305. The van der Waals surface area contributed by atoms with Crippen molar-refractivity contribution in [3.05, 3.63) is 0 Å². The molecule has 0 aromatic carbocycles. The summed E-state index contributed by atoms with van der Waals surface area (Å²) in [4.78, 5) is 19.1. The number of amides is 1. The van der Waals surface area contributed by atoms with Gasteiger partial charge in [0.05, 0.1) is 12.7 Å². The Morgan fingerprint density at radius 3 is 2.61 bits per heavy atom. The third-order valence-corrected chi connectivity index (χ3v) is 4.90. The van der Waals surface area contributed by atoms with E-state index in [0.29, 0.717) is 24.5 Å². The Hall–Kier alpha value is -0.690. The van der Waals surface area contributed by atoms with Crippen LogP contribution in [0.15, 0.2) is 0 Å². The quantitative estimate of drug-likeness (QED) is 0.679. The van der Waals surface area contributed by atoms with Crippen LogP contribution in [-0.2, 0) is 9.53 Å². The SMILES string of the molecule is CNCCCC(=O)N1CCN(CC2CN(C(C)C)CCO2)CC1. The van der Waals surface area contributed by atoms with E-state index in [0.717, 1.165) is 65.4 Å². The fourth-order valence-electron chi connectivity index (χ4n) is 3.36. The first kappa shape index (κ1) is 18.6. The van der Waals surface area contributed by atoms with Gasteiger partial charge >= 0.3 is 0 Å². The molecule has 134 valence electrons. The van der Waals surface area contributed by atoms with E-state index in [4.69, 9.17) is 4.74 Å². The zero-order valence-corrected chi connectivity index (χ0v) is 15.1. The van der Waals surface area contributed by atoms with Gasteiger partial charge in [0.25, 0.3) is 0 Å². The summed E-state index contributed by atoms with van der Waals surface area (Å²) in [6, 6.07) is 0.591. The first-order valence-electron chi connectivity index (χ1n) is 9.10. The van der Waals surface area contributed by atoms with Gasteiger partial charge in [-0.05, 0) is 33.9 Å². The van der Waals surface area contributed by atoms with Crippen molar-refractivity contribution in [1.82, 2.24) is 20.0 Å². The van der Waals surface area contributed by atoms with Gasteiger partial charge in [-0.25, -0.2) is 0 Å². The molecule has 0 aromatic heterocycles. The molecule has 0 radical (unpaired) electrons. The van der Waals surface area contributed by atoms with Crippen LogP contribution in [0.25, 0.3) is 0 Å². The van der Waals surface area contributed by atoms with Gasteiger partial charge in [-0.15, -0.1) is 0 Å². The minimum Gasteiger partial charge on any atom is -0.374 e. The van der Waals surface area contributed by atoms with Crippen LogP contribution in [0.4, 0.5) is 0 Å². The molecular weight excluding hydrogens is 292 g/mol. The number of hydrogen-bond donors (Lipinski definition) is 1. The summed E-state index contributed by atoms with van der Waals surface area (Å²) >= 11 is 0. The molecule has 2 saturated heterocycles. The van der Waals surface area contributed by atoms with Crippen molar-refractivity contribution in [2.45, 2.75) is 38.8 Å². The summed E-state index contributed by atoms with van der Waals surface area (Å²) in [6.07, 6.45) is 1.90. The second-order valence-corrected chi connectivity index (χ2v) is 6.97. The summed E-state index contributed by atoms with van der Waals surface area (Å²) in [5, 5.41) is 3.09. The van der Waals surface area contributed by atoms with Crippen molar-refractivity contribution in [1.29, 1.82) is 0 Å². The van der Waals surface area contributed by atoms with E-state index >= 15 is 0 Å². The lowest BCUT2D eigenvalue weighted by atomic mass is 10.2. The average Bonchev–Trinajstić information content (AvgIpc) is 2.56. The van der Waals surface area contributed by atoms with E-state index in [-0.39, 0.29) is 0 Å². The summed E-state index contributed by atoms with van der Waals surface area (Å²) < 4.78 is 5.93. The predicted octanol–water partition coefficient (Wildman–Crippen LogP) is 0.239. The minimum absolute atomic E-state index is 0.305. The molecule has 6 heteroatoms. The molecule has 23 heavy (non-hydrogen) atoms. The standard InChI is InChI=1S/C17H34N4O2/c1-15(2)21-11-12-23-16(14-21)13-19-7-9-20(10-8-19)17(22)5-4-6-18-3/h15-16,18H,4-14H2,1-3H3. The van der Waals surface area contributed by atoms with Crippen molar-refractivity contribution >= 4 is 5.91 Å². The van der Waals surface area contributed by atoms with E-state index in [2.05, 4.69) is 29.0 Å². The van der Waals surface area contributed by atoms with E-state index < -0.39 is 0 Å². The highest BCUT2D eigenvalue weighted by Crippen LogP contribution is 2.12. The van der Waals surface area contributed by atoms with E-state index in [1.54, 1.807) is 0 Å². The number of nitrogens with zero attached hydrogens (tertiary/aromatic N) is 3. The molecule has 1 unspecified atom stereocenters. The smallest absolute Gasteiger partial charge is 0.222 e. The summed E-state index contributed by atoms with van der Waals surface area (Å²) in [5.41, 5.74) is 0. The van der Waals surface area contributed by atoms with Crippen molar-refractivity contribution in [2.75, 3.05) is 66.0 Å². The van der Waals surface area contributed by atoms with Gasteiger partial charge in [-0.1, -0.05) is 0 Å². The summed E-state index contributed by atoms with van der Waals surface area (Å²) in [6.45, 7) is 13.0. The van der Waals surface area contributed by atoms with Crippen molar-refractivity contribution in [2.24, 2.45) is 0 Å². The van der Waals surface area contributed by atoms with Crippen LogP contribution in [-0.4, -0.2) is 98.8 Å². The highest BCUT2D eigenvalue weighted by Gasteiger charge is 2.26. The Morgan fingerprint density at radius 2 is 1.96 bits per heavy atom. The number of hydrogen-bond acceptors (Lipinski definition) is 5. The molecule has 2 aliphatic heterocycles. The molecule has 0 spiro atoms. The molecule has 1 atom stereocenters. The Balaban J connectivity index is 1.67. The molecule has 0 aromatic rings. The normalized spacial score (nSPS) is 24.3. The molecule has 2 rings (SSSR count). The number of nitrogens with one attached hydrogen (secondary N) is 1. The lowest BCUT2D eigenvalue weighted by Gasteiger charge is -2.40. The van der Waals surface area contributed by atoms with E-state index in [9.17, 15) is 4.79 Å². The molecule has 2 fully saturated rings. The molecule has 2 aliphatic rings. The average molecular weight is 326 g/mol. The Morgan fingerprint density at radius 1 is 1.22 bits per heavy atom. The Kier molecular flexibility index (Phi) is 7.76. The molecule has 1 amide bonds. The maximum absolute atomic E-state index is 12.1. The third-order valence-electron chi connectivity index (χ3n) is 4.90. The molecule has 6 nitrogen and oxygen atoms in total. The van der Waals surface area contributed by atoms with Gasteiger partial charge in [-0.3, -0.25) is 14.6 Å². The number of carbonyl (C=O) groups is 1. The fourth-order valence-corrected chi connectivity index (χ4v) is 3.36. The third kappa shape index (κ3) is 6.03. The van der Waals surface area contributed by atoms with Gasteiger partial charge in [-0.2, -0.15) is 0 Å². The lowest BCUT2D eigenvalue weighted by molar-refractivity contribution is -0.133. The van der Waals surface area contributed by atoms with Crippen LogP contribution in [0.1, 0.15) is 26.7 Å². The van der Waals surface area contributed by atoms with Gasteiger partial charge in [0.1, 0.15) is 0 Å². The van der Waals surface area contributed by atoms with Gasteiger partial charge in [0.2, 0.25) is 5.91 Å². The van der Waals surface area contributed by atoms with Gasteiger partial charge in [0.15, 0.2) is 0 Å². The molecular formula is C17H34N4O2. The molecule has 1 N–H and O–H groups in total. The van der Waals surface area contributed by atoms with Crippen LogP contribution in [0.3, 0.4) is 0 Å². The lowest BCUT2D eigenvalue weighted by Crippen LogP contribution is -2.54. The molecule has 2 heterocycles. The minimum atomic E-state index is 0.305. The topological polar surface area (TPSA) is 48.1 Å². The molecule has 0 bridgehead atoms. The van der Waals surface area contributed by atoms with Crippen LogP contribution in [0, 0.1) is 0 Å². The fraction of sp³-hybridized carbons (Fsp3) is 0.941. The number of ether oxygens (including phenoxy) is 1. The van der Waals surface area contributed by atoms with Crippen LogP contribution < -0.4 is 5.32 Å². The van der Waals surface area contributed by atoms with E-state index in [1.165, 1.54) is 0 Å². The number of carbonyl (C=O) groups excluding carboxylic acids is 1. The van der Waals surface area contributed by atoms with Crippen molar-refractivity contribution in [3.8, 4) is 0 Å². The molecule has 0 saturated carbocycles. The van der Waals surface area contributed by atoms with Crippen LogP contribution >= 0.6 is 0 Å². The first-order valence-corrected chi connectivity index (χ1v) is 9.10. The number of morpholine rings is 1. The van der Waals surface area contributed by atoms with Crippen LogP contribution in [0.2, 0.25) is 0 Å². The van der Waals surface area contributed by atoms with Gasteiger partial charge < -0.3 is 15.0 Å². The largest absolute Gasteiger partial charge is 0.374 e. The zero-order valence-electron chi connectivity index (χ0n) is 15.1. The summed E-state index contributed by atoms with van der Waals surface area (Å²) in [7, 11) is 1.93. The Bertz CT molecular complexity index is 357. The second-order valence-electron chi connectivity index (χ2n) is 6.97. The maximum Gasteiger partial charge on any atom is 0.222 e. The van der Waals surface area contributed by atoms with Gasteiger partial charge in [0, 0.05) is 58.3 Å². The highest BCUT2D eigenvalue weighted by atomic mass is 16.5. The van der Waals surface area contributed by atoms with Crippen molar-refractivity contribution in [3.63, 3.8) is 0 Å². The van der Waals surface area contributed by atoms with Crippen molar-refractivity contribution < 1.29 is 9.53 Å². The van der Waals surface area contributed by atoms with Crippen LogP contribution in [0.5, 0.6) is 0 Å². The first-order chi connectivity index (χ1) is 11.1. The zero-order chi connectivity index (χ0) is 16.7. The molecule has 0 aliphatic carbocycles. The predicted molar refractivity (Wildman–Crippen MR) is 92.6 cm³/mol. The monoisotopic (exact) mass is 326 g/mol. The Labute approximate surface area is 141 Å². The maximum atomic E-state index is 12.1. The van der Waals surface area contributed by atoms with E-state index in [1.807, 2.05) is 11.9 Å². The number of rotatable bonds is 7. The second kappa shape index (κ2) is 9.57.